The van der Waals surface area contributed by atoms with E-state index in [9.17, 15) is 18.3 Å². The summed E-state index contributed by atoms with van der Waals surface area (Å²) in [6.45, 7) is 0. The molecular formula is C14H12INO4S. The van der Waals surface area contributed by atoms with Gasteiger partial charge in [0.25, 0.3) is 0 Å². The third kappa shape index (κ3) is 4.02. The van der Waals surface area contributed by atoms with Crippen LogP contribution in [0.1, 0.15) is 11.6 Å². The van der Waals surface area contributed by atoms with Gasteiger partial charge < -0.3 is 5.11 Å². The van der Waals surface area contributed by atoms with Crippen LogP contribution in [-0.2, 0) is 14.8 Å². The zero-order valence-corrected chi connectivity index (χ0v) is 13.7. The first kappa shape index (κ1) is 15.9. The average molecular weight is 417 g/mol. The molecule has 0 spiro atoms. The van der Waals surface area contributed by atoms with Gasteiger partial charge in [-0.2, -0.15) is 4.72 Å². The lowest BCUT2D eigenvalue weighted by molar-refractivity contribution is -0.139. The minimum atomic E-state index is -3.90. The standard InChI is InChI=1S/C14H12INO4S/c15-11-6-8-12(9-7-11)21(19,20)16-13(14(17)18)10-4-2-1-3-5-10/h1-9,13,16H,(H,17,18)/t13-/m1/s1. The molecule has 0 fully saturated rings. The van der Waals surface area contributed by atoms with Crippen LogP contribution in [-0.4, -0.2) is 19.5 Å². The molecule has 0 heterocycles. The van der Waals surface area contributed by atoms with Gasteiger partial charge in [0.05, 0.1) is 4.90 Å². The monoisotopic (exact) mass is 417 g/mol. The van der Waals surface area contributed by atoms with Gasteiger partial charge in [-0.1, -0.05) is 30.3 Å². The van der Waals surface area contributed by atoms with Gasteiger partial charge in [-0.05, 0) is 52.4 Å². The van der Waals surface area contributed by atoms with Crippen LogP contribution >= 0.6 is 22.6 Å². The Morgan fingerprint density at radius 1 is 1.05 bits per heavy atom. The van der Waals surface area contributed by atoms with Crippen molar-refractivity contribution >= 4 is 38.6 Å². The molecule has 0 bridgehead atoms. The molecule has 0 unspecified atom stereocenters. The van der Waals surface area contributed by atoms with Gasteiger partial charge in [-0.15, -0.1) is 0 Å². The third-order valence-corrected chi connectivity index (χ3v) is 4.93. The Morgan fingerprint density at radius 3 is 2.14 bits per heavy atom. The minimum Gasteiger partial charge on any atom is -0.480 e. The van der Waals surface area contributed by atoms with E-state index in [1.807, 2.05) is 0 Å². The van der Waals surface area contributed by atoms with Crippen LogP contribution in [0.4, 0.5) is 0 Å². The molecule has 0 aliphatic rings. The molecule has 1 atom stereocenters. The van der Waals surface area contributed by atoms with Gasteiger partial charge in [0.2, 0.25) is 10.0 Å². The molecule has 0 radical (unpaired) electrons. The molecule has 0 saturated carbocycles. The number of carboxylic acid groups (broad SMARTS) is 1. The zero-order chi connectivity index (χ0) is 15.5. The summed E-state index contributed by atoms with van der Waals surface area (Å²) in [5, 5.41) is 9.25. The van der Waals surface area contributed by atoms with E-state index in [0.717, 1.165) is 3.57 Å². The zero-order valence-electron chi connectivity index (χ0n) is 10.7. The van der Waals surface area contributed by atoms with Crippen LogP contribution < -0.4 is 4.72 Å². The quantitative estimate of drug-likeness (QED) is 0.733. The number of halogens is 1. The summed E-state index contributed by atoms with van der Waals surface area (Å²) in [4.78, 5) is 11.4. The van der Waals surface area contributed by atoms with Crippen LogP contribution in [0.25, 0.3) is 0 Å². The maximum Gasteiger partial charge on any atom is 0.326 e. The fourth-order valence-corrected chi connectivity index (χ4v) is 3.28. The molecule has 110 valence electrons. The molecule has 2 N–H and O–H groups in total. The second-order valence-corrected chi connectivity index (χ2v) is 7.22. The molecule has 2 rings (SSSR count). The average Bonchev–Trinajstić information content (AvgIpc) is 2.46. The number of aliphatic carboxylic acids is 1. The predicted molar refractivity (Wildman–Crippen MR) is 86.3 cm³/mol. The Morgan fingerprint density at radius 2 is 1.62 bits per heavy atom. The van der Waals surface area contributed by atoms with Crippen molar-refractivity contribution in [1.29, 1.82) is 0 Å². The van der Waals surface area contributed by atoms with E-state index in [-0.39, 0.29) is 4.90 Å². The lowest BCUT2D eigenvalue weighted by atomic mass is 10.1. The van der Waals surface area contributed by atoms with Crippen molar-refractivity contribution in [2.75, 3.05) is 0 Å². The third-order valence-electron chi connectivity index (χ3n) is 2.78. The molecule has 0 amide bonds. The maximum absolute atomic E-state index is 12.3. The van der Waals surface area contributed by atoms with E-state index in [1.165, 1.54) is 12.1 Å². The van der Waals surface area contributed by atoms with Crippen LogP contribution in [0.2, 0.25) is 0 Å². The fraction of sp³-hybridized carbons (Fsp3) is 0.0714. The molecule has 2 aromatic rings. The van der Waals surface area contributed by atoms with Gasteiger partial charge >= 0.3 is 5.97 Å². The Balaban J connectivity index is 2.32. The number of carboxylic acids is 1. The van der Waals surface area contributed by atoms with Gasteiger partial charge in [-0.3, -0.25) is 4.79 Å². The SMILES string of the molecule is O=C(O)[C@H](NS(=O)(=O)c1ccc(I)cc1)c1ccccc1. The van der Waals surface area contributed by atoms with E-state index < -0.39 is 22.0 Å². The summed E-state index contributed by atoms with van der Waals surface area (Å²) >= 11 is 2.06. The highest BCUT2D eigenvalue weighted by Crippen LogP contribution is 2.18. The van der Waals surface area contributed by atoms with E-state index in [4.69, 9.17) is 0 Å². The summed E-state index contributed by atoms with van der Waals surface area (Å²) in [6.07, 6.45) is 0. The first-order chi connectivity index (χ1) is 9.90. The van der Waals surface area contributed by atoms with Crippen molar-refractivity contribution in [3.8, 4) is 0 Å². The first-order valence-electron chi connectivity index (χ1n) is 5.96. The minimum absolute atomic E-state index is 0.0325. The highest BCUT2D eigenvalue weighted by atomic mass is 127. The van der Waals surface area contributed by atoms with Gasteiger partial charge in [0, 0.05) is 3.57 Å². The lowest BCUT2D eigenvalue weighted by Crippen LogP contribution is -2.33. The molecular weight excluding hydrogens is 405 g/mol. The summed E-state index contributed by atoms with van der Waals surface area (Å²) in [5.41, 5.74) is 0.374. The van der Waals surface area contributed by atoms with Crippen molar-refractivity contribution in [2.24, 2.45) is 0 Å². The number of rotatable bonds is 5. The molecule has 0 aliphatic heterocycles. The number of sulfonamides is 1. The summed E-state index contributed by atoms with van der Waals surface area (Å²) < 4.78 is 27.6. The van der Waals surface area contributed by atoms with Crippen LogP contribution in [0, 0.1) is 3.57 Å². The van der Waals surface area contributed by atoms with Crippen molar-refractivity contribution in [1.82, 2.24) is 4.72 Å². The molecule has 2 aromatic carbocycles. The number of benzene rings is 2. The fourth-order valence-electron chi connectivity index (χ4n) is 1.74. The number of hydrogen-bond acceptors (Lipinski definition) is 3. The summed E-state index contributed by atoms with van der Waals surface area (Å²) in [7, 11) is -3.90. The molecule has 0 aromatic heterocycles. The van der Waals surface area contributed by atoms with Crippen molar-refractivity contribution in [2.45, 2.75) is 10.9 Å². The maximum atomic E-state index is 12.3. The Labute approximate surface area is 136 Å². The van der Waals surface area contributed by atoms with E-state index in [1.54, 1.807) is 42.5 Å². The highest BCUT2D eigenvalue weighted by Gasteiger charge is 2.26. The second-order valence-electron chi connectivity index (χ2n) is 4.26. The first-order valence-corrected chi connectivity index (χ1v) is 8.52. The van der Waals surface area contributed by atoms with Gasteiger partial charge in [-0.25, -0.2) is 8.42 Å². The van der Waals surface area contributed by atoms with Crippen LogP contribution in [0.15, 0.2) is 59.5 Å². The van der Waals surface area contributed by atoms with E-state index in [2.05, 4.69) is 27.3 Å². The number of carbonyl (C=O) groups is 1. The largest absolute Gasteiger partial charge is 0.480 e. The number of hydrogen-bond donors (Lipinski definition) is 2. The Bertz CT molecular complexity index is 729. The predicted octanol–water partition coefficient (Wildman–Crippen LogP) is 2.40. The molecule has 0 saturated heterocycles. The van der Waals surface area contributed by atoms with E-state index in [0.29, 0.717) is 5.56 Å². The normalized spacial score (nSPS) is 12.8. The molecule has 5 nitrogen and oxygen atoms in total. The van der Waals surface area contributed by atoms with Gasteiger partial charge in [0.1, 0.15) is 6.04 Å². The molecule has 21 heavy (non-hydrogen) atoms. The topological polar surface area (TPSA) is 83.5 Å². The lowest BCUT2D eigenvalue weighted by Gasteiger charge is -2.15. The second kappa shape index (κ2) is 6.54. The highest BCUT2D eigenvalue weighted by molar-refractivity contribution is 14.1. The van der Waals surface area contributed by atoms with Gasteiger partial charge in [0.15, 0.2) is 0 Å². The Kier molecular flexibility index (Phi) is 4.96. The van der Waals surface area contributed by atoms with Crippen LogP contribution in [0.3, 0.4) is 0 Å². The Hall–Kier alpha value is -1.45. The van der Waals surface area contributed by atoms with Crippen molar-refractivity contribution in [3.63, 3.8) is 0 Å². The van der Waals surface area contributed by atoms with Crippen LogP contribution in [0.5, 0.6) is 0 Å². The molecule has 0 aliphatic carbocycles. The van der Waals surface area contributed by atoms with Crippen molar-refractivity contribution in [3.05, 3.63) is 63.7 Å². The van der Waals surface area contributed by atoms with E-state index >= 15 is 0 Å². The number of nitrogens with one attached hydrogen (secondary N) is 1. The van der Waals surface area contributed by atoms with Crippen molar-refractivity contribution < 1.29 is 18.3 Å². The summed E-state index contributed by atoms with van der Waals surface area (Å²) in [5.74, 6) is -1.25. The summed E-state index contributed by atoms with van der Waals surface area (Å²) in [6, 6.07) is 13.0. The smallest absolute Gasteiger partial charge is 0.326 e. The molecule has 7 heteroatoms.